The molecule has 0 heterocycles. The Hall–Kier alpha value is -2.28. The van der Waals surface area contributed by atoms with Gasteiger partial charge in [-0.1, -0.05) is 19.1 Å². The van der Waals surface area contributed by atoms with Gasteiger partial charge in [0.15, 0.2) is 6.61 Å². The highest BCUT2D eigenvalue weighted by Crippen LogP contribution is 2.47. The van der Waals surface area contributed by atoms with E-state index in [1.54, 1.807) is 0 Å². The minimum Gasteiger partial charge on any atom is -0.484 e. The first kappa shape index (κ1) is 22.4. The molecular weight excluding hydrogens is 384 g/mol. The number of ether oxygens (including phenoxy) is 2. The van der Waals surface area contributed by atoms with Gasteiger partial charge in [0.05, 0.1) is 11.6 Å². The molecule has 166 valence electrons. The number of rotatable bonds is 6. The summed E-state index contributed by atoms with van der Waals surface area (Å²) in [5, 5.41) is 16.8. The molecule has 0 spiro atoms. The molecule has 0 radical (unpaired) electrons. The lowest BCUT2D eigenvalue weighted by Gasteiger charge is -2.56. The Balaban J connectivity index is 1.53. The van der Waals surface area contributed by atoms with Crippen LogP contribution in [0.2, 0.25) is 0 Å². The van der Waals surface area contributed by atoms with Crippen molar-refractivity contribution in [2.45, 2.75) is 89.0 Å². The van der Waals surface area contributed by atoms with E-state index >= 15 is 0 Å². The Morgan fingerprint density at radius 3 is 2.27 bits per heavy atom. The van der Waals surface area contributed by atoms with Gasteiger partial charge < -0.3 is 25.2 Å². The van der Waals surface area contributed by atoms with E-state index in [9.17, 15) is 14.7 Å². The number of aryl methyl sites for hydroxylation is 1. The molecule has 1 aromatic carbocycles. The lowest BCUT2D eigenvalue weighted by molar-refractivity contribution is -0.129. The largest absolute Gasteiger partial charge is 0.484 e. The van der Waals surface area contributed by atoms with Crippen LogP contribution in [0.25, 0.3) is 0 Å². The van der Waals surface area contributed by atoms with Crippen LogP contribution in [0.3, 0.4) is 0 Å². The first-order valence-electron chi connectivity index (χ1n) is 10.8. The molecule has 3 saturated carbocycles. The van der Waals surface area contributed by atoms with Crippen molar-refractivity contribution in [3.8, 4) is 5.75 Å². The molecule has 2 amide bonds. The van der Waals surface area contributed by atoms with Crippen molar-refractivity contribution in [2.75, 3.05) is 6.61 Å². The predicted molar refractivity (Wildman–Crippen MR) is 113 cm³/mol. The normalized spacial score (nSPS) is 28.0. The number of aliphatic hydroxyl groups excluding tert-OH is 1. The number of fused-ring (bicyclic) bond motifs is 3. The van der Waals surface area contributed by atoms with Gasteiger partial charge in [-0.05, 0) is 77.0 Å². The quantitative estimate of drug-likeness (QED) is 0.660. The van der Waals surface area contributed by atoms with E-state index in [0.29, 0.717) is 37.9 Å². The Labute approximate surface area is 178 Å². The van der Waals surface area contributed by atoms with E-state index < -0.39 is 28.9 Å². The van der Waals surface area contributed by atoms with Crippen molar-refractivity contribution in [2.24, 2.45) is 0 Å². The van der Waals surface area contributed by atoms with Crippen LogP contribution >= 0.6 is 0 Å². The van der Waals surface area contributed by atoms with E-state index in [1.807, 2.05) is 45.0 Å². The molecule has 3 N–H and O–H groups in total. The second-order valence-corrected chi connectivity index (χ2v) is 9.62. The van der Waals surface area contributed by atoms with E-state index in [2.05, 4.69) is 17.6 Å². The fourth-order valence-corrected chi connectivity index (χ4v) is 4.47. The number of hydrogen-bond acceptors (Lipinski definition) is 5. The Morgan fingerprint density at radius 2 is 1.73 bits per heavy atom. The molecule has 3 aliphatic rings. The third kappa shape index (κ3) is 5.25. The second-order valence-electron chi connectivity index (χ2n) is 9.62. The molecule has 1 aromatic rings. The van der Waals surface area contributed by atoms with Gasteiger partial charge in [0.2, 0.25) is 0 Å². The fourth-order valence-electron chi connectivity index (χ4n) is 4.47. The van der Waals surface area contributed by atoms with E-state index in [-0.39, 0.29) is 12.5 Å². The Kier molecular flexibility index (Phi) is 6.32. The molecular formula is C23H34N2O5. The maximum absolute atomic E-state index is 12.5. The van der Waals surface area contributed by atoms with Crippen LogP contribution in [-0.2, 0) is 16.0 Å². The number of nitrogens with one attached hydrogen (secondary N) is 2. The zero-order valence-electron chi connectivity index (χ0n) is 18.4. The highest BCUT2D eigenvalue weighted by atomic mass is 16.6. The average Bonchev–Trinajstić information content (AvgIpc) is 2.66. The van der Waals surface area contributed by atoms with Gasteiger partial charge in [-0.15, -0.1) is 0 Å². The number of hydrogen-bond donors (Lipinski definition) is 3. The zero-order valence-corrected chi connectivity index (χ0v) is 18.4. The Morgan fingerprint density at radius 1 is 1.10 bits per heavy atom. The summed E-state index contributed by atoms with van der Waals surface area (Å²) < 4.78 is 11.0. The zero-order chi connectivity index (χ0) is 22.0. The van der Waals surface area contributed by atoms with Crippen molar-refractivity contribution in [3.63, 3.8) is 0 Å². The summed E-state index contributed by atoms with van der Waals surface area (Å²) in [6, 6.07) is 7.71. The third-order valence-electron chi connectivity index (χ3n) is 6.18. The van der Waals surface area contributed by atoms with Crippen molar-refractivity contribution in [1.29, 1.82) is 0 Å². The molecule has 7 heteroatoms. The summed E-state index contributed by atoms with van der Waals surface area (Å²) in [6.07, 6.45) is 2.67. The molecule has 3 fully saturated rings. The first-order valence-corrected chi connectivity index (χ1v) is 10.8. The summed E-state index contributed by atoms with van der Waals surface area (Å²) in [5.74, 6) is 0.462. The average molecular weight is 419 g/mol. The number of amides is 2. The summed E-state index contributed by atoms with van der Waals surface area (Å²) in [5.41, 5.74) is -0.522. The monoisotopic (exact) mass is 418 g/mol. The third-order valence-corrected chi connectivity index (χ3v) is 6.18. The van der Waals surface area contributed by atoms with E-state index in [0.717, 1.165) is 6.42 Å². The molecule has 1 atom stereocenters. The van der Waals surface area contributed by atoms with Crippen molar-refractivity contribution in [1.82, 2.24) is 10.6 Å². The molecule has 7 nitrogen and oxygen atoms in total. The van der Waals surface area contributed by atoms with Crippen LogP contribution < -0.4 is 15.4 Å². The number of carbonyl (C=O) groups is 2. The minimum atomic E-state index is -0.740. The molecule has 0 aliphatic heterocycles. The number of aliphatic hydroxyl groups is 1. The van der Waals surface area contributed by atoms with Gasteiger partial charge in [-0.2, -0.15) is 0 Å². The molecule has 4 rings (SSSR count). The predicted octanol–water partition coefficient (Wildman–Crippen LogP) is 3.08. The maximum Gasteiger partial charge on any atom is 0.408 e. The Bertz CT molecular complexity index is 761. The van der Waals surface area contributed by atoms with Crippen molar-refractivity contribution in [3.05, 3.63) is 29.8 Å². The van der Waals surface area contributed by atoms with Gasteiger partial charge in [-0.3, -0.25) is 4.79 Å². The van der Waals surface area contributed by atoms with Crippen molar-refractivity contribution >= 4 is 12.0 Å². The van der Waals surface area contributed by atoms with E-state index in [4.69, 9.17) is 9.47 Å². The molecule has 3 aliphatic carbocycles. The first-order chi connectivity index (χ1) is 14.0. The van der Waals surface area contributed by atoms with Gasteiger partial charge in [0, 0.05) is 5.54 Å². The molecule has 0 unspecified atom stereocenters. The van der Waals surface area contributed by atoms with Gasteiger partial charge in [0.25, 0.3) is 5.91 Å². The summed E-state index contributed by atoms with van der Waals surface area (Å²) in [4.78, 5) is 24.7. The van der Waals surface area contributed by atoms with Crippen LogP contribution in [0, 0.1) is 0 Å². The molecule has 30 heavy (non-hydrogen) atoms. The fraction of sp³-hybridized carbons (Fsp3) is 0.652. The molecule has 0 aromatic heterocycles. The summed E-state index contributed by atoms with van der Waals surface area (Å²) in [6.45, 7) is 7.45. The maximum atomic E-state index is 12.5. The number of alkyl carbamates (subject to hydrolysis) is 1. The standard InChI is InChI=1S/C23H34N2O5/c1-5-16-6-8-17(9-7-16)29-15-19(27)24-22-10-12-23(13-11-22,18(26)14-22)25-20(28)30-21(2,3)4/h6-9,18,26H,5,10-15H2,1-4H3,(H,24,27)(H,25,28)/t18-,22?,23?/m1/s1. The highest BCUT2D eigenvalue weighted by Gasteiger charge is 2.55. The number of carbonyl (C=O) groups excluding carboxylic acids is 2. The molecule has 0 saturated heterocycles. The van der Waals surface area contributed by atoms with Gasteiger partial charge >= 0.3 is 6.09 Å². The van der Waals surface area contributed by atoms with Crippen LogP contribution in [0.1, 0.15) is 65.4 Å². The minimum absolute atomic E-state index is 0.0649. The van der Waals surface area contributed by atoms with Crippen LogP contribution in [0.15, 0.2) is 24.3 Å². The van der Waals surface area contributed by atoms with Crippen molar-refractivity contribution < 1.29 is 24.2 Å². The van der Waals surface area contributed by atoms with Gasteiger partial charge in [0.1, 0.15) is 11.4 Å². The van der Waals surface area contributed by atoms with E-state index in [1.165, 1.54) is 5.56 Å². The van der Waals surface area contributed by atoms with Crippen LogP contribution in [-0.4, -0.2) is 46.5 Å². The highest BCUT2D eigenvalue weighted by molar-refractivity contribution is 5.78. The summed E-state index contributed by atoms with van der Waals surface area (Å²) >= 11 is 0. The smallest absolute Gasteiger partial charge is 0.408 e. The van der Waals surface area contributed by atoms with Gasteiger partial charge in [-0.25, -0.2) is 4.79 Å². The lowest BCUT2D eigenvalue weighted by Crippen LogP contribution is -2.70. The number of benzene rings is 1. The summed E-state index contributed by atoms with van der Waals surface area (Å²) in [7, 11) is 0. The van der Waals surface area contributed by atoms with Crippen LogP contribution in [0.4, 0.5) is 4.79 Å². The second kappa shape index (κ2) is 8.46. The lowest BCUT2D eigenvalue weighted by atomic mass is 9.60. The SMILES string of the molecule is CCc1ccc(OCC(=O)NC23CCC(NC(=O)OC(C)(C)C)(CC2)[C@H](O)C3)cc1. The van der Waals surface area contributed by atoms with Crippen LogP contribution in [0.5, 0.6) is 5.75 Å². The topological polar surface area (TPSA) is 96.9 Å². The molecule has 2 bridgehead atoms.